The summed E-state index contributed by atoms with van der Waals surface area (Å²) >= 11 is 8.78. The first-order valence-electron chi connectivity index (χ1n) is 8.61. The average Bonchev–Trinajstić information content (AvgIpc) is 3.17. The van der Waals surface area contributed by atoms with Crippen molar-refractivity contribution in [2.24, 2.45) is 0 Å². The fourth-order valence-corrected chi connectivity index (χ4v) is 4.58. The summed E-state index contributed by atoms with van der Waals surface area (Å²) in [5.74, 6) is 0.844. The second-order valence-corrected chi connectivity index (χ2v) is 8.76. The van der Waals surface area contributed by atoms with Gasteiger partial charge in [0.05, 0.1) is 35.6 Å². The number of anilines is 2. The fourth-order valence-electron chi connectivity index (χ4n) is 2.89. The molecule has 0 atom stereocenters. The van der Waals surface area contributed by atoms with Gasteiger partial charge in [-0.15, -0.1) is 11.3 Å². The molecule has 3 heterocycles. The average molecular weight is 510 g/mol. The second-order valence-electron chi connectivity index (χ2n) is 6.13. The Morgan fingerprint density at radius 1 is 1.19 bits per heavy atom. The van der Waals surface area contributed by atoms with Crippen LogP contribution in [0.25, 0.3) is 10.6 Å². The summed E-state index contributed by atoms with van der Waals surface area (Å²) < 4.78 is 7.50. The molecule has 0 amide bonds. The number of nitrogens with zero attached hydrogens (tertiary/aromatic N) is 3. The van der Waals surface area contributed by atoms with Crippen LogP contribution in [-0.4, -0.2) is 36.3 Å². The van der Waals surface area contributed by atoms with Gasteiger partial charge in [-0.3, -0.25) is 0 Å². The summed E-state index contributed by atoms with van der Waals surface area (Å²) in [6.07, 6.45) is 1.85. The van der Waals surface area contributed by atoms with Crippen molar-refractivity contribution < 1.29 is 4.74 Å². The van der Waals surface area contributed by atoms with Gasteiger partial charge < -0.3 is 15.0 Å². The molecule has 3 aromatic rings. The zero-order valence-electron chi connectivity index (χ0n) is 14.5. The monoisotopic (exact) mass is 508 g/mol. The van der Waals surface area contributed by atoms with Crippen molar-refractivity contribution in [2.45, 2.75) is 6.54 Å². The highest BCUT2D eigenvalue weighted by Crippen LogP contribution is 2.29. The molecule has 1 aromatic carbocycles. The zero-order chi connectivity index (χ0) is 18.6. The SMILES string of the molecule is Brc1cccc(-c2nc(CNc3cc(N4CCOCC4)c(Br)cn3)cs2)c1. The summed E-state index contributed by atoms with van der Waals surface area (Å²) in [7, 11) is 0. The van der Waals surface area contributed by atoms with E-state index in [0.29, 0.717) is 6.54 Å². The van der Waals surface area contributed by atoms with Gasteiger partial charge in [-0.05, 0) is 28.1 Å². The third kappa shape index (κ3) is 4.68. The predicted octanol–water partition coefficient (Wildman–Crippen LogP) is 5.18. The van der Waals surface area contributed by atoms with E-state index in [1.165, 1.54) is 0 Å². The Kier molecular flexibility index (Phi) is 6.07. The Bertz CT molecular complexity index is 928. The Hall–Kier alpha value is -1.48. The number of benzene rings is 1. The molecular weight excluding hydrogens is 492 g/mol. The van der Waals surface area contributed by atoms with Gasteiger partial charge in [0.15, 0.2) is 0 Å². The molecule has 1 saturated heterocycles. The molecule has 8 heteroatoms. The highest BCUT2D eigenvalue weighted by Gasteiger charge is 2.15. The van der Waals surface area contributed by atoms with Crippen molar-refractivity contribution in [3.8, 4) is 10.6 Å². The van der Waals surface area contributed by atoms with Crippen LogP contribution in [0.1, 0.15) is 5.69 Å². The summed E-state index contributed by atoms with van der Waals surface area (Å²) in [6.45, 7) is 3.94. The number of hydrogen-bond donors (Lipinski definition) is 1. The van der Waals surface area contributed by atoms with Gasteiger partial charge in [0.1, 0.15) is 10.8 Å². The van der Waals surface area contributed by atoms with Gasteiger partial charge in [-0.1, -0.05) is 28.1 Å². The van der Waals surface area contributed by atoms with Crippen molar-refractivity contribution in [2.75, 3.05) is 36.5 Å². The summed E-state index contributed by atoms with van der Waals surface area (Å²) in [5.41, 5.74) is 3.27. The number of aromatic nitrogens is 2. The molecule has 1 aliphatic rings. The maximum Gasteiger partial charge on any atom is 0.128 e. The smallest absolute Gasteiger partial charge is 0.128 e. The molecule has 0 bridgehead atoms. The van der Waals surface area contributed by atoms with E-state index in [2.05, 4.69) is 70.6 Å². The van der Waals surface area contributed by atoms with Gasteiger partial charge >= 0.3 is 0 Å². The van der Waals surface area contributed by atoms with Crippen LogP contribution in [0.2, 0.25) is 0 Å². The van der Waals surface area contributed by atoms with Crippen molar-refractivity contribution in [3.05, 3.63) is 56.5 Å². The van der Waals surface area contributed by atoms with Crippen LogP contribution < -0.4 is 10.2 Å². The molecule has 140 valence electrons. The number of hydrogen-bond acceptors (Lipinski definition) is 6. The lowest BCUT2D eigenvalue weighted by Crippen LogP contribution is -2.36. The van der Waals surface area contributed by atoms with Crippen LogP contribution in [0.3, 0.4) is 0 Å². The molecule has 5 nitrogen and oxygen atoms in total. The molecule has 1 fully saturated rings. The Balaban J connectivity index is 1.44. The first-order chi connectivity index (χ1) is 13.2. The van der Waals surface area contributed by atoms with Crippen LogP contribution in [0.15, 0.2) is 50.9 Å². The molecule has 27 heavy (non-hydrogen) atoms. The lowest BCUT2D eigenvalue weighted by molar-refractivity contribution is 0.122. The number of halogens is 2. The van der Waals surface area contributed by atoms with Crippen molar-refractivity contribution in [3.63, 3.8) is 0 Å². The highest BCUT2D eigenvalue weighted by molar-refractivity contribution is 9.10. The maximum absolute atomic E-state index is 5.44. The molecule has 0 unspecified atom stereocenters. The van der Waals surface area contributed by atoms with Gasteiger partial charge in [0.25, 0.3) is 0 Å². The quantitative estimate of drug-likeness (QED) is 0.513. The first kappa shape index (κ1) is 18.9. The minimum Gasteiger partial charge on any atom is -0.378 e. The van der Waals surface area contributed by atoms with Crippen LogP contribution >= 0.6 is 43.2 Å². The van der Waals surface area contributed by atoms with Crippen molar-refractivity contribution in [1.29, 1.82) is 0 Å². The Morgan fingerprint density at radius 2 is 2.04 bits per heavy atom. The largest absolute Gasteiger partial charge is 0.378 e. The number of thiazole rings is 1. The molecule has 1 N–H and O–H groups in total. The molecule has 1 aliphatic heterocycles. The molecule has 0 aliphatic carbocycles. The van der Waals surface area contributed by atoms with E-state index in [0.717, 1.165) is 63.0 Å². The summed E-state index contributed by atoms with van der Waals surface area (Å²) in [4.78, 5) is 11.5. The summed E-state index contributed by atoms with van der Waals surface area (Å²) in [6, 6.07) is 10.3. The van der Waals surface area contributed by atoms with E-state index < -0.39 is 0 Å². The minimum absolute atomic E-state index is 0.641. The number of ether oxygens (including phenoxy) is 1. The first-order valence-corrected chi connectivity index (χ1v) is 11.1. The lowest BCUT2D eigenvalue weighted by Gasteiger charge is -2.29. The Labute approximate surface area is 179 Å². The number of pyridine rings is 1. The molecule has 2 aromatic heterocycles. The molecular formula is C19H18Br2N4OS. The predicted molar refractivity (Wildman–Crippen MR) is 118 cm³/mol. The third-order valence-electron chi connectivity index (χ3n) is 4.26. The van der Waals surface area contributed by atoms with Crippen LogP contribution in [0, 0.1) is 0 Å². The van der Waals surface area contributed by atoms with E-state index >= 15 is 0 Å². The highest BCUT2D eigenvalue weighted by atomic mass is 79.9. The molecule has 4 rings (SSSR count). The normalized spacial score (nSPS) is 14.4. The summed E-state index contributed by atoms with van der Waals surface area (Å²) in [5, 5.41) is 6.50. The molecule has 0 saturated carbocycles. The minimum atomic E-state index is 0.641. The van der Waals surface area contributed by atoms with Crippen molar-refractivity contribution >= 4 is 54.7 Å². The van der Waals surface area contributed by atoms with Crippen LogP contribution in [-0.2, 0) is 11.3 Å². The van der Waals surface area contributed by atoms with Crippen LogP contribution in [0.4, 0.5) is 11.5 Å². The van der Waals surface area contributed by atoms with Gasteiger partial charge in [-0.2, -0.15) is 0 Å². The second kappa shape index (κ2) is 8.68. The molecule has 0 radical (unpaired) electrons. The Morgan fingerprint density at radius 3 is 2.85 bits per heavy atom. The lowest BCUT2D eigenvalue weighted by atomic mass is 10.2. The molecule has 0 spiro atoms. The number of morpholine rings is 1. The standard InChI is InChI=1S/C19H18Br2N4OS/c20-14-3-1-2-13(8-14)19-24-15(12-27-19)10-22-18-9-17(16(21)11-23-18)25-4-6-26-7-5-25/h1-3,8-9,11-12H,4-7,10H2,(H,22,23). The van der Waals surface area contributed by atoms with Crippen molar-refractivity contribution in [1.82, 2.24) is 9.97 Å². The van der Waals surface area contributed by atoms with Crippen LogP contribution in [0.5, 0.6) is 0 Å². The van der Waals surface area contributed by atoms with E-state index in [9.17, 15) is 0 Å². The fraction of sp³-hybridized carbons (Fsp3) is 0.263. The van der Waals surface area contributed by atoms with E-state index in [4.69, 9.17) is 9.72 Å². The van der Waals surface area contributed by atoms with E-state index in [1.807, 2.05) is 18.3 Å². The van der Waals surface area contributed by atoms with Gasteiger partial charge in [0, 0.05) is 40.8 Å². The number of nitrogens with one attached hydrogen (secondary N) is 1. The third-order valence-corrected chi connectivity index (χ3v) is 6.31. The topological polar surface area (TPSA) is 50.3 Å². The van der Waals surface area contributed by atoms with E-state index in [-0.39, 0.29) is 0 Å². The maximum atomic E-state index is 5.44. The van der Waals surface area contributed by atoms with Gasteiger partial charge in [0.2, 0.25) is 0 Å². The van der Waals surface area contributed by atoms with Gasteiger partial charge in [-0.25, -0.2) is 9.97 Å². The zero-order valence-corrected chi connectivity index (χ0v) is 18.5. The number of rotatable bonds is 5. The van der Waals surface area contributed by atoms with E-state index in [1.54, 1.807) is 11.3 Å².